The van der Waals surface area contributed by atoms with E-state index in [1.54, 1.807) is 0 Å². The lowest BCUT2D eigenvalue weighted by atomic mass is 9.96. The molecule has 1 amide bonds. The minimum atomic E-state index is 0.135. The number of carbonyl (C=O) groups excluding carboxylic acids is 1. The van der Waals surface area contributed by atoms with Crippen molar-refractivity contribution in [2.45, 2.75) is 32.5 Å². The quantitative estimate of drug-likeness (QED) is 0.847. The summed E-state index contributed by atoms with van der Waals surface area (Å²) in [4.78, 5) is 17.1. The number of likely N-dealkylation sites (tertiary alicyclic amines) is 1. The summed E-state index contributed by atoms with van der Waals surface area (Å²) < 4.78 is 7.47. The van der Waals surface area contributed by atoms with Crippen molar-refractivity contribution in [2.24, 2.45) is 5.92 Å². The van der Waals surface area contributed by atoms with E-state index in [2.05, 4.69) is 21.0 Å². The van der Waals surface area contributed by atoms with E-state index >= 15 is 0 Å². The topological polar surface area (TPSA) is 62.6 Å². The van der Waals surface area contributed by atoms with E-state index < -0.39 is 0 Å². The van der Waals surface area contributed by atoms with Crippen LogP contribution in [0.1, 0.15) is 24.2 Å². The smallest absolute Gasteiger partial charge is 0.227 e. The Kier molecular flexibility index (Phi) is 4.82. The van der Waals surface area contributed by atoms with Crippen molar-refractivity contribution in [3.8, 4) is 0 Å². The molecule has 0 aliphatic carbocycles. The average molecular weight is 333 g/mol. The molecule has 0 aromatic carbocycles. The lowest BCUT2D eigenvalue weighted by Crippen LogP contribution is -2.48. The molecule has 7 heteroatoms. The van der Waals surface area contributed by atoms with Gasteiger partial charge in [0.05, 0.1) is 37.1 Å². The number of fused-ring (bicyclic) bond motifs is 1. The van der Waals surface area contributed by atoms with Crippen LogP contribution in [0.3, 0.4) is 0 Å². The summed E-state index contributed by atoms with van der Waals surface area (Å²) in [5.41, 5.74) is 2.40. The van der Waals surface area contributed by atoms with E-state index in [1.807, 2.05) is 4.90 Å². The van der Waals surface area contributed by atoms with Crippen LogP contribution in [-0.2, 0) is 29.2 Å². The SMILES string of the molecule is O=C(C1CCCN(Cc2cc3n(n2)CCNC3)C1)N1CCOCC1. The van der Waals surface area contributed by atoms with E-state index in [9.17, 15) is 4.79 Å². The largest absolute Gasteiger partial charge is 0.378 e. The van der Waals surface area contributed by atoms with Gasteiger partial charge >= 0.3 is 0 Å². The maximum Gasteiger partial charge on any atom is 0.227 e. The van der Waals surface area contributed by atoms with E-state index in [0.717, 1.165) is 70.9 Å². The van der Waals surface area contributed by atoms with Crippen molar-refractivity contribution in [2.75, 3.05) is 45.9 Å². The monoisotopic (exact) mass is 333 g/mol. The molecule has 7 nitrogen and oxygen atoms in total. The Bertz CT molecular complexity index is 558. The second-order valence-corrected chi connectivity index (χ2v) is 7.04. The molecule has 4 rings (SSSR count). The predicted molar refractivity (Wildman–Crippen MR) is 89.3 cm³/mol. The molecule has 1 N–H and O–H groups in total. The molecule has 1 aromatic heterocycles. The summed E-state index contributed by atoms with van der Waals surface area (Å²) in [5, 5.41) is 8.11. The molecule has 132 valence electrons. The van der Waals surface area contributed by atoms with Gasteiger partial charge in [-0.05, 0) is 25.5 Å². The van der Waals surface area contributed by atoms with Crippen molar-refractivity contribution in [3.63, 3.8) is 0 Å². The van der Waals surface area contributed by atoms with Gasteiger partial charge in [0.2, 0.25) is 5.91 Å². The standard InChI is InChI=1S/C17H27N5O2/c23-17(21-6-8-24-9-7-21)14-2-1-4-20(12-14)13-15-10-16-11-18-3-5-22(16)19-15/h10,14,18H,1-9,11-13H2. The van der Waals surface area contributed by atoms with Crippen LogP contribution in [0.15, 0.2) is 6.07 Å². The lowest BCUT2D eigenvalue weighted by molar-refractivity contribution is -0.141. The Morgan fingerprint density at radius 3 is 3.00 bits per heavy atom. The number of carbonyl (C=O) groups is 1. The molecule has 1 aromatic rings. The zero-order valence-electron chi connectivity index (χ0n) is 14.2. The van der Waals surface area contributed by atoms with Gasteiger partial charge in [-0.15, -0.1) is 0 Å². The molecule has 2 fully saturated rings. The van der Waals surface area contributed by atoms with E-state index in [-0.39, 0.29) is 5.92 Å². The number of hydrogen-bond donors (Lipinski definition) is 1. The van der Waals surface area contributed by atoms with Gasteiger partial charge in [0, 0.05) is 39.3 Å². The molecule has 0 radical (unpaired) electrons. The first kappa shape index (κ1) is 16.1. The molecule has 1 unspecified atom stereocenters. The Labute approximate surface area is 142 Å². The Balaban J connectivity index is 1.36. The van der Waals surface area contributed by atoms with E-state index in [4.69, 9.17) is 9.84 Å². The van der Waals surface area contributed by atoms with E-state index in [1.165, 1.54) is 5.69 Å². The number of rotatable bonds is 3. The van der Waals surface area contributed by atoms with Crippen LogP contribution in [0.2, 0.25) is 0 Å². The maximum absolute atomic E-state index is 12.7. The number of nitrogens with one attached hydrogen (secondary N) is 1. The van der Waals surface area contributed by atoms with Crippen LogP contribution < -0.4 is 5.32 Å². The maximum atomic E-state index is 12.7. The van der Waals surface area contributed by atoms with Crippen LogP contribution in [0, 0.1) is 5.92 Å². The lowest BCUT2D eigenvalue weighted by Gasteiger charge is -2.35. The van der Waals surface area contributed by atoms with Gasteiger partial charge in [-0.2, -0.15) is 5.10 Å². The molecule has 24 heavy (non-hydrogen) atoms. The summed E-state index contributed by atoms with van der Waals surface area (Å²) in [6.07, 6.45) is 2.10. The van der Waals surface area contributed by atoms with Crippen molar-refractivity contribution in [1.82, 2.24) is 24.9 Å². The number of amides is 1. The first-order valence-corrected chi connectivity index (χ1v) is 9.15. The molecule has 0 spiro atoms. The number of piperidine rings is 1. The number of nitrogens with zero attached hydrogens (tertiary/aromatic N) is 4. The Hall–Kier alpha value is -1.44. The first-order chi connectivity index (χ1) is 11.8. The normalized spacial score (nSPS) is 25.5. The van der Waals surface area contributed by atoms with Gasteiger partial charge in [-0.1, -0.05) is 0 Å². The summed E-state index contributed by atoms with van der Waals surface area (Å²) in [6.45, 7) is 8.47. The molecule has 4 heterocycles. The second kappa shape index (κ2) is 7.21. The highest BCUT2D eigenvalue weighted by Gasteiger charge is 2.30. The fourth-order valence-electron chi connectivity index (χ4n) is 4.00. The molecular formula is C17H27N5O2. The Morgan fingerprint density at radius 1 is 1.29 bits per heavy atom. The number of hydrogen-bond acceptors (Lipinski definition) is 5. The van der Waals surface area contributed by atoms with Crippen molar-refractivity contribution >= 4 is 5.91 Å². The van der Waals surface area contributed by atoms with Crippen molar-refractivity contribution < 1.29 is 9.53 Å². The minimum absolute atomic E-state index is 0.135. The van der Waals surface area contributed by atoms with Gasteiger partial charge in [0.1, 0.15) is 0 Å². The van der Waals surface area contributed by atoms with Gasteiger partial charge < -0.3 is 15.0 Å². The Morgan fingerprint density at radius 2 is 2.17 bits per heavy atom. The van der Waals surface area contributed by atoms with Gasteiger partial charge in [-0.3, -0.25) is 14.4 Å². The fraction of sp³-hybridized carbons (Fsp3) is 0.765. The van der Waals surface area contributed by atoms with Gasteiger partial charge in [0.15, 0.2) is 0 Å². The summed E-state index contributed by atoms with van der Waals surface area (Å²) in [7, 11) is 0. The van der Waals surface area contributed by atoms with Crippen LogP contribution in [0.5, 0.6) is 0 Å². The van der Waals surface area contributed by atoms with Crippen LogP contribution in [-0.4, -0.2) is 71.4 Å². The molecule has 0 saturated carbocycles. The highest BCUT2D eigenvalue weighted by Crippen LogP contribution is 2.21. The van der Waals surface area contributed by atoms with Gasteiger partial charge in [0.25, 0.3) is 0 Å². The molecule has 0 bridgehead atoms. The molecule has 3 aliphatic rings. The summed E-state index contributed by atoms with van der Waals surface area (Å²) >= 11 is 0. The van der Waals surface area contributed by atoms with Crippen LogP contribution in [0.25, 0.3) is 0 Å². The average Bonchev–Trinajstić information content (AvgIpc) is 3.04. The third kappa shape index (κ3) is 3.48. The first-order valence-electron chi connectivity index (χ1n) is 9.15. The molecule has 1 atom stereocenters. The fourth-order valence-corrected chi connectivity index (χ4v) is 4.00. The van der Waals surface area contributed by atoms with Gasteiger partial charge in [-0.25, -0.2) is 0 Å². The number of morpholine rings is 1. The third-order valence-corrected chi connectivity index (χ3v) is 5.28. The summed E-state index contributed by atoms with van der Waals surface area (Å²) in [5.74, 6) is 0.451. The predicted octanol–water partition coefficient (Wildman–Crippen LogP) is 0.0571. The highest BCUT2D eigenvalue weighted by atomic mass is 16.5. The third-order valence-electron chi connectivity index (χ3n) is 5.28. The highest BCUT2D eigenvalue weighted by molar-refractivity contribution is 5.79. The molecular weight excluding hydrogens is 306 g/mol. The minimum Gasteiger partial charge on any atom is -0.378 e. The van der Waals surface area contributed by atoms with Crippen LogP contribution >= 0.6 is 0 Å². The zero-order chi connectivity index (χ0) is 16.4. The number of aromatic nitrogens is 2. The van der Waals surface area contributed by atoms with E-state index in [0.29, 0.717) is 19.1 Å². The molecule has 3 aliphatic heterocycles. The van der Waals surface area contributed by atoms with Crippen molar-refractivity contribution in [3.05, 3.63) is 17.5 Å². The molecule has 2 saturated heterocycles. The number of ether oxygens (including phenoxy) is 1. The summed E-state index contributed by atoms with van der Waals surface area (Å²) in [6, 6.07) is 2.21. The van der Waals surface area contributed by atoms with Crippen molar-refractivity contribution in [1.29, 1.82) is 0 Å². The second-order valence-electron chi connectivity index (χ2n) is 7.04. The zero-order valence-corrected chi connectivity index (χ0v) is 14.2. The van der Waals surface area contributed by atoms with Crippen LogP contribution in [0.4, 0.5) is 0 Å².